The number of hydrogen-bond donors (Lipinski definition) is 1. The fourth-order valence-electron chi connectivity index (χ4n) is 4.34. The number of morpholine rings is 1. The molecule has 12 heteroatoms. The summed E-state index contributed by atoms with van der Waals surface area (Å²) in [6, 6.07) is 5.71. The molecule has 4 aromatic rings. The maximum atomic E-state index is 6.37. The van der Waals surface area contributed by atoms with Gasteiger partial charge in [-0.3, -0.25) is 4.90 Å². The lowest BCUT2D eigenvalue weighted by Gasteiger charge is -2.32. The summed E-state index contributed by atoms with van der Waals surface area (Å²) in [5.41, 5.74) is 2.70. The number of imidazole rings is 1. The van der Waals surface area contributed by atoms with Crippen LogP contribution in [-0.4, -0.2) is 72.1 Å². The molecule has 6 rings (SSSR count). The highest BCUT2D eigenvalue weighted by molar-refractivity contribution is 8.03. The van der Waals surface area contributed by atoms with Crippen LogP contribution in [0.3, 0.4) is 0 Å². The Hall–Kier alpha value is -2.93. The molecule has 1 atom stereocenters. The molecule has 1 N–H and O–H groups in total. The molecule has 0 saturated carbocycles. The van der Waals surface area contributed by atoms with Crippen LogP contribution in [-0.2, 0) is 4.74 Å². The molecule has 5 heterocycles. The van der Waals surface area contributed by atoms with Crippen molar-refractivity contribution in [2.45, 2.75) is 18.8 Å². The summed E-state index contributed by atoms with van der Waals surface area (Å²) < 4.78 is 30.4. The molecule has 36 heavy (non-hydrogen) atoms. The van der Waals surface area contributed by atoms with E-state index >= 15 is 0 Å². The first-order valence-electron chi connectivity index (χ1n) is 11.8. The number of benzene rings is 1. The largest absolute Gasteiger partial charge is 0.496 e. The number of allylic oxidation sites excluding steroid dienone is 1. The van der Waals surface area contributed by atoms with Crippen molar-refractivity contribution in [3.05, 3.63) is 35.0 Å². The molecule has 1 fully saturated rings. The van der Waals surface area contributed by atoms with E-state index in [1.54, 1.807) is 18.7 Å². The van der Waals surface area contributed by atoms with Crippen LogP contribution in [0.1, 0.15) is 13.3 Å². The van der Waals surface area contributed by atoms with Crippen molar-refractivity contribution in [3.63, 3.8) is 0 Å². The second-order valence-electron chi connectivity index (χ2n) is 8.38. The van der Waals surface area contributed by atoms with Crippen LogP contribution >= 0.6 is 23.1 Å². The lowest BCUT2D eigenvalue weighted by Crippen LogP contribution is -2.47. The van der Waals surface area contributed by atoms with E-state index in [1.165, 1.54) is 16.2 Å². The number of furan rings is 1. The Labute approximate surface area is 216 Å². The molecule has 2 aliphatic rings. The average Bonchev–Trinajstić information content (AvgIpc) is 3.68. The summed E-state index contributed by atoms with van der Waals surface area (Å²) in [5, 5.41) is 9.43. The quantitative estimate of drug-likeness (QED) is 0.358. The molecular weight excluding hydrogens is 502 g/mol. The van der Waals surface area contributed by atoms with Gasteiger partial charge in [0.05, 0.1) is 44.7 Å². The third-order valence-corrected chi connectivity index (χ3v) is 8.56. The van der Waals surface area contributed by atoms with E-state index in [1.807, 2.05) is 36.2 Å². The first-order valence-corrected chi connectivity index (χ1v) is 13.5. The van der Waals surface area contributed by atoms with Crippen LogP contribution in [0.5, 0.6) is 16.7 Å². The van der Waals surface area contributed by atoms with Gasteiger partial charge >= 0.3 is 0 Å². The van der Waals surface area contributed by atoms with Crippen LogP contribution in [0.4, 0.5) is 0 Å². The molecule has 3 aromatic heterocycles. The first-order chi connectivity index (χ1) is 17.6. The molecule has 1 aromatic carbocycles. The third-order valence-electron chi connectivity index (χ3n) is 6.22. The molecule has 0 radical (unpaired) electrons. The lowest BCUT2D eigenvalue weighted by molar-refractivity contribution is 0.0293. The monoisotopic (exact) mass is 529 g/mol. The van der Waals surface area contributed by atoms with Gasteiger partial charge in [0.25, 0.3) is 5.19 Å². The van der Waals surface area contributed by atoms with Gasteiger partial charge in [0.2, 0.25) is 4.96 Å². The van der Waals surface area contributed by atoms with Crippen molar-refractivity contribution in [2.24, 2.45) is 0 Å². The zero-order chi connectivity index (χ0) is 24.6. The third kappa shape index (κ3) is 4.38. The van der Waals surface area contributed by atoms with Gasteiger partial charge in [0, 0.05) is 30.1 Å². The summed E-state index contributed by atoms with van der Waals surface area (Å²) in [4.78, 5) is 9.11. The highest BCUT2D eigenvalue weighted by atomic mass is 32.2. The number of hydrogen-bond acceptors (Lipinski definition) is 11. The van der Waals surface area contributed by atoms with Crippen molar-refractivity contribution < 1.29 is 23.4 Å². The molecule has 10 nitrogen and oxygen atoms in total. The van der Waals surface area contributed by atoms with Gasteiger partial charge in [0.15, 0.2) is 5.76 Å². The van der Waals surface area contributed by atoms with Gasteiger partial charge in [0.1, 0.15) is 34.9 Å². The first kappa shape index (κ1) is 23.5. The van der Waals surface area contributed by atoms with Gasteiger partial charge in [-0.15, -0.1) is 5.10 Å². The predicted molar refractivity (Wildman–Crippen MR) is 139 cm³/mol. The van der Waals surface area contributed by atoms with Gasteiger partial charge in [-0.05, 0) is 23.8 Å². The fraction of sp³-hybridized carbons (Fsp3) is 0.417. The molecule has 190 valence electrons. The Morgan fingerprint density at radius 2 is 2.03 bits per heavy atom. The molecular formula is C24H27N5O5S2. The van der Waals surface area contributed by atoms with Crippen molar-refractivity contribution in [1.29, 1.82) is 0 Å². The Morgan fingerprint density at radius 1 is 1.17 bits per heavy atom. The Morgan fingerprint density at radius 3 is 2.78 bits per heavy atom. The predicted octanol–water partition coefficient (Wildman–Crippen LogP) is 4.17. The van der Waals surface area contributed by atoms with Gasteiger partial charge in [-0.25, -0.2) is 9.50 Å². The van der Waals surface area contributed by atoms with E-state index in [4.69, 9.17) is 23.4 Å². The molecule has 2 aliphatic heterocycles. The molecule has 0 spiro atoms. The van der Waals surface area contributed by atoms with Crippen LogP contribution < -0.4 is 19.5 Å². The topological polar surface area (TPSA) is 95.5 Å². The van der Waals surface area contributed by atoms with E-state index in [0.717, 1.165) is 48.8 Å². The standard InChI is InChI=1S/C24H27N5O5S2/c1-4-21-17(26-22(35-21)28-5-7-32-8-6-28)13-33-18-9-14(30-2)10-19-15(18)11-20(34-19)16-12-29-23(25-16)36-24(27-29)31-3/h9-12,22,26H,4-8,13H2,1-3H3. The number of aromatic nitrogens is 3. The Balaban J connectivity index is 1.25. The van der Waals surface area contributed by atoms with Crippen molar-refractivity contribution in [2.75, 3.05) is 47.1 Å². The lowest BCUT2D eigenvalue weighted by atomic mass is 10.2. The zero-order valence-corrected chi connectivity index (χ0v) is 21.9. The Kier molecular flexibility index (Phi) is 6.42. The minimum atomic E-state index is 0.218. The maximum Gasteiger partial charge on any atom is 0.294 e. The summed E-state index contributed by atoms with van der Waals surface area (Å²) >= 11 is 3.24. The van der Waals surface area contributed by atoms with Gasteiger partial charge in [-0.1, -0.05) is 18.7 Å². The average molecular weight is 530 g/mol. The number of rotatable bonds is 8. The van der Waals surface area contributed by atoms with Crippen LogP contribution in [0, 0.1) is 0 Å². The number of ether oxygens (including phenoxy) is 4. The summed E-state index contributed by atoms with van der Waals surface area (Å²) in [6.45, 7) is 6.02. The minimum Gasteiger partial charge on any atom is -0.496 e. The molecule has 1 saturated heterocycles. The van der Waals surface area contributed by atoms with Crippen LogP contribution in [0.25, 0.3) is 27.4 Å². The highest BCUT2D eigenvalue weighted by Crippen LogP contribution is 2.39. The zero-order valence-electron chi connectivity index (χ0n) is 20.3. The van der Waals surface area contributed by atoms with Crippen molar-refractivity contribution >= 4 is 39.0 Å². The van der Waals surface area contributed by atoms with E-state index in [-0.39, 0.29) is 5.50 Å². The van der Waals surface area contributed by atoms with E-state index in [0.29, 0.717) is 40.3 Å². The number of fused-ring (bicyclic) bond motifs is 2. The Bertz CT molecular complexity index is 1390. The van der Waals surface area contributed by atoms with E-state index in [2.05, 4.69) is 27.2 Å². The van der Waals surface area contributed by atoms with Crippen molar-refractivity contribution in [3.8, 4) is 28.1 Å². The number of thioether (sulfide) groups is 1. The number of nitrogens with zero attached hydrogens (tertiary/aromatic N) is 4. The summed E-state index contributed by atoms with van der Waals surface area (Å²) in [5.74, 6) is 2.00. The van der Waals surface area contributed by atoms with Crippen molar-refractivity contribution in [1.82, 2.24) is 24.8 Å². The normalized spacial score (nSPS) is 18.8. The fourth-order valence-corrected chi connectivity index (χ4v) is 6.30. The number of nitrogens with one attached hydrogen (secondary N) is 1. The van der Waals surface area contributed by atoms with Crippen LogP contribution in [0.2, 0.25) is 0 Å². The number of methoxy groups -OCH3 is 2. The summed E-state index contributed by atoms with van der Waals surface area (Å²) in [6.07, 6.45) is 2.78. The summed E-state index contributed by atoms with van der Waals surface area (Å²) in [7, 11) is 3.23. The molecule has 0 bridgehead atoms. The SMILES string of the molecule is CCC1=C(COc2cc(OC)cc3oc(-c4cn5nc(OC)sc5n4)cc23)NC(N2CCOCC2)S1. The van der Waals surface area contributed by atoms with Crippen LogP contribution in [0.15, 0.2) is 39.4 Å². The maximum absolute atomic E-state index is 6.37. The van der Waals surface area contributed by atoms with Gasteiger partial charge < -0.3 is 28.7 Å². The second kappa shape index (κ2) is 9.85. The second-order valence-corrected chi connectivity index (χ2v) is 10.5. The van der Waals surface area contributed by atoms with E-state index < -0.39 is 0 Å². The molecule has 0 amide bonds. The highest BCUT2D eigenvalue weighted by Gasteiger charge is 2.29. The molecule has 1 unspecified atom stereocenters. The molecule has 0 aliphatic carbocycles. The van der Waals surface area contributed by atoms with Gasteiger partial charge in [-0.2, -0.15) is 0 Å². The van der Waals surface area contributed by atoms with E-state index in [9.17, 15) is 0 Å². The minimum absolute atomic E-state index is 0.218. The smallest absolute Gasteiger partial charge is 0.294 e.